The van der Waals surface area contributed by atoms with Crippen molar-refractivity contribution in [3.05, 3.63) is 35.4 Å². The summed E-state index contributed by atoms with van der Waals surface area (Å²) in [4.78, 5) is 2.40. The van der Waals surface area contributed by atoms with Crippen molar-refractivity contribution in [3.8, 4) is 0 Å². The zero-order chi connectivity index (χ0) is 12.2. The molecule has 1 aliphatic heterocycles. The van der Waals surface area contributed by atoms with Gasteiger partial charge in [0.25, 0.3) is 0 Å². The SMILES string of the molecule is c1ccc2c(c1)CCCC2OCN1CCNCC1. The van der Waals surface area contributed by atoms with Gasteiger partial charge in [-0.2, -0.15) is 0 Å². The molecule has 1 aliphatic carbocycles. The molecule has 18 heavy (non-hydrogen) atoms. The summed E-state index contributed by atoms with van der Waals surface area (Å²) in [6, 6.07) is 8.75. The number of aryl methyl sites for hydroxylation is 1. The van der Waals surface area contributed by atoms with Crippen LogP contribution in [0.3, 0.4) is 0 Å². The molecule has 3 nitrogen and oxygen atoms in total. The zero-order valence-electron chi connectivity index (χ0n) is 10.9. The van der Waals surface area contributed by atoms with E-state index >= 15 is 0 Å². The first kappa shape index (κ1) is 12.2. The molecule has 1 fully saturated rings. The van der Waals surface area contributed by atoms with Gasteiger partial charge in [-0.15, -0.1) is 0 Å². The van der Waals surface area contributed by atoms with Gasteiger partial charge in [0.2, 0.25) is 0 Å². The monoisotopic (exact) mass is 246 g/mol. The molecule has 0 bridgehead atoms. The third kappa shape index (κ3) is 2.74. The van der Waals surface area contributed by atoms with Gasteiger partial charge in [0.15, 0.2) is 0 Å². The lowest BCUT2D eigenvalue weighted by molar-refractivity contribution is -0.0346. The fourth-order valence-electron chi connectivity index (χ4n) is 2.92. The molecule has 3 heteroatoms. The van der Waals surface area contributed by atoms with E-state index in [9.17, 15) is 0 Å². The molecule has 98 valence electrons. The van der Waals surface area contributed by atoms with Gasteiger partial charge in [-0.3, -0.25) is 4.90 Å². The molecular formula is C15H22N2O. The van der Waals surface area contributed by atoms with Crippen LogP contribution in [0.15, 0.2) is 24.3 Å². The predicted octanol–water partition coefficient (Wildman–Crippen LogP) is 1.94. The van der Waals surface area contributed by atoms with Crippen LogP contribution in [0.4, 0.5) is 0 Å². The van der Waals surface area contributed by atoms with Gasteiger partial charge < -0.3 is 10.1 Å². The second kappa shape index (κ2) is 5.83. The molecule has 0 amide bonds. The Bertz CT molecular complexity index is 388. The van der Waals surface area contributed by atoms with Crippen molar-refractivity contribution < 1.29 is 4.74 Å². The van der Waals surface area contributed by atoms with Crippen molar-refractivity contribution in [1.82, 2.24) is 10.2 Å². The maximum absolute atomic E-state index is 6.15. The van der Waals surface area contributed by atoms with Gasteiger partial charge in [0.1, 0.15) is 0 Å². The molecule has 0 saturated carbocycles. The second-order valence-electron chi connectivity index (χ2n) is 5.24. The predicted molar refractivity (Wildman–Crippen MR) is 72.5 cm³/mol. The van der Waals surface area contributed by atoms with E-state index in [0.717, 1.165) is 32.9 Å². The molecule has 0 radical (unpaired) electrons. The molecule has 1 heterocycles. The molecule has 1 atom stereocenters. The van der Waals surface area contributed by atoms with Crippen LogP contribution >= 0.6 is 0 Å². The maximum atomic E-state index is 6.15. The average molecular weight is 246 g/mol. The Kier molecular flexibility index (Phi) is 3.93. The Morgan fingerprint density at radius 2 is 2.06 bits per heavy atom. The van der Waals surface area contributed by atoms with Crippen LogP contribution in [-0.4, -0.2) is 37.8 Å². The highest BCUT2D eigenvalue weighted by atomic mass is 16.5. The van der Waals surface area contributed by atoms with E-state index in [0.29, 0.717) is 6.10 Å². The normalized spacial score (nSPS) is 24.8. The highest BCUT2D eigenvalue weighted by molar-refractivity contribution is 5.31. The third-order valence-electron chi connectivity index (χ3n) is 3.98. The standard InChI is InChI=1S/C15H22N2O/c1-2-6-14-13(4-1)5-3-7-15(14)18-12-17-10-8-16-9-11-17/h1-2,4,6,15-16H,3,5,7-12H2. The van der Waals surface area contributed by atoms with Crippen LogP contribution in [0.1, 0.15) is 30.1 Å². The number of piperazine rings is 1. The minimum atomic E-state index is 0.310. The summed E-state index contributed by atoms with van der Waals surface area (Å²) in [5.74, 6) is 0. The Morgan fingerprint density at radius 3 is 2.94 bits per heavy atom. The van der Waals surface area contributed by atoms with Gasteiger partial charge in [-0.25, -0.2) is 0 Å². The molecule has 1 aromatic rings. The van der Waals surface area contributed by atoms with E-state index in [4.69, 9.17) is 4.74 Å². The van der Waals surface area contributed by atoms with E-state index in [1.165, 1.54) is 30.4 Å². The first-order valence-electron chi connectivity index (χ1n) is 7.06. The zero-order valence-corrected chi connectivity index (χ0v) is 10.9. The van der Waals surface area contributed by atoms with Gasteiger partial charge in [-0.1, -0.05) is 24.3 Å². The smallest absolute Gasteiger partial charge is 0.0999 e. The van der Waals surface area contributed by atoms with Gasteiger partial charge in [-0.05, 0) is 30.4 Å². The topological polar surface area (TPSA) is 24.5 Å². The summed E-state index contributed by atoms with van der Waals surface area (Å²) in [5.41, 5.74) is 2.90. The van der Waals surface area contributed by atoms with Crippen molar-refractivity contribution in [3.63, 3.8) is 0 Å². The van der Waals surface area contributed by atoms with Gasteiger partial charge in [0.05, 0.1) is 12.8 Å². The second-order valence-corrected chi connectivity index (χ2v) is 5.24. The van der Waals surface area contributed by atoms with Crippen LogP contribution in [0, 0.1) is 0 Å². The van der Waals surface area contributed by atoms with Crippen molar-refractivity contribution in [2.75, 3.05) is 32.9 Å². The summed E-state index contributed by atoms with van der Waals surface area (Å²) >= 11 is 0. The number of benzene rings is 1. The minimum Gasteiger partial charge on any atom is -0.358 e. The Labute approximate surface area is 109 Å². The lowest BCUT2D eigenvalue weighted by Crippen LogP contribution is -2.44. The van der Waals surface area contributed by atoms with E-state index in [1.807, 2.05) is 0 Å². The number of ether oxygens (including phenoxy) is 1. The Morgan fingerprint density at radius 1 is 1.22 bits per heavy atom. The number of hydrogen-bond donors (Lipinski definition) is 1. The molecule has 1 N–H and O–H groups in total. The van der Waals surface area contributed by atoms with Gasteiger partial charge in [0, 0.05) is 26.2 Å². The average Bonchev–Trinajstić information content (AvgIpc) is 2.46. The fraction of sp³-hybridized carbons (Fsp3) is 0.600. The van der Waals surface area contributed by atoms with Crippen molar-refractivity contribution in [2.24, 2.45) is 0 Å². The molecular weight excluding hydrogens is 224 g/mol. The van der Waals surface area contributed by atoms with Crippen LogP contribution < -0.4 is 5.32 Å². The van der Waals surface area contributed by atoms with Crippen molar-refractivity contribution in [2.45, 2.75) is 25.4 Å². The van der Waals surface area contributed by atoms with Crippen LogP contribution in [0.2, 0.25) is 0 Å². The van der Waals surface area contributed by atoms with Crippen molar-refractivity contribution >= 4 is 0 Å². The number of rotatable bonds is 3. The first-order valence-corrected chi connectivity index (χ1v) is 7.06. The van der Waals surface area contributed by atoms with E-state index in [2.05, 4.69) is 34.5 Å². The van der Waals surface area contributed by atoms with Crippen LogP contribution in [0.5, 0.6) is 0 Å². The Balaban J connectivity index is 1.60. The summed E-state index contributed by atoms with van der Waals surface area (Å²) < 4.78 is 6.15. The van der Waals surface area contributed by atoms with Crippen LogP contribution in [-0.2, 0) is 11.2 Å². The summed E-state index contributed by atoms with van der Waals surface area (Å²) in [5, 5.41) is 3.37. The minimum absolute atomic E-state index is 0.310. The first-order chi connectivity index (χ1) is 8.93. The number of hydrogen-bond acceptors (Lipinski definition) is 3. The largest absolute Gasteiger partial charge is 0.358 e. The summed E-state index contributed by atoms with van der Waals surface area (Å²) in [6.07, 6.45) is 3.94. The summed E-state index contributed by atoms with van der Waals surface area (Å²) in [6.45, 7) is 5.17. The van der Waals surface area contributed by atoms with E-state index < -0.39 is 0 Å². The van der Waals surface area contributed by atoms with Crippen LogP contribution in [0.25, 0.3) is 0 Å². The van der Waals surface area contributed by atoms with E-state index in [1.54, 1.807) is 0 Å². The van der Waals surface area contributed by atoms with E-state index in [-0.39, 0.29) is 0 Å². The van der Waals surface area contributed by atoms with Crippen molar-refractivity contribution in [1.29, 1.82) is 0 Å². The quantitative estimate of drug-likeness (QED) is 0.882. The Hall–Kier alpha value is -0.900. The molecule has 2 aliphatic rings. The molecule has 1 aromatic carbocycles. The highest BCUT2D eigenvalue weighted by Gasteiger charge is 2.21. The summed E-state index contributed by atoms with van der Waals surface area (Å²) in [7, 11) is 0. The number of nitrogens with one attached hydrogen (secondary N) is 1. The molecule has 3 rings (SSSR count). The fourth-order valence-corrected chi connectivity index (χ4v) is 2.92. The maximum Gasteiger partial charge on any atom is 0.0999 e. The number of nitrogens with zero attached hydrogens (tertiary/aromatic N) is 1. The number of fused-ring (bicyclic) bond motifs is 1. The van der Waals surface area contributed by atoms with Gasteiger partial charge >= 0.3 is 0 Å². The molecule has 0 aromatic heterocycles. The lowest BCUT2D eigenvalue weighted by Gasteiger charge is -2.31. The third-order valence-corrected chi connectivity index (χ3v) is 3.98. The molecule has 1 unspecified atom stereocenters. The molecule has 1 saturated heterocycles. The highest BCUT2D eigenvalue weighted by Crippen LogP contribution is 2.32. The molecule has 0 spiro atoms. The lowest BCUT2D eigenvalue weighted by atomic mass is 9.89.